The summed E-state index contributed by atoms with van der Waals surface area (Å²) in [6.45, 7) is 3.84. The molecule has 1 saturated carbocycles. The van der Waals surface area contributed by atoms with Gasteiger partial charge in [-0.05, 0) is 12.8 Å². The van der Waals surface area contributed by atoms with Crippen LogP contribution in [0.15, 0.2) is 0 Å². The van der Waals surface area contributed by atoms with Crippen LogP contribution in [0.1, 0.15) is 187 Å². The van der Waals surface area contributed by atoms with Crippen LogP contribution in [0.25, 0.3) is 0 Å². The average Bonchev–Trinajstić information content (AvgIpc) is 3.12. The van der Waals surface area contributed by atoms with E-state index >= 15 is 0 Å². The van der Waals surface area contributed by atoms with Gasteiger partial charge in [-0.3, -0.25) is 13.8 Å². The van der Waals surface area contributed by atoms with Crippen molar-refractivity contribution in [3.63, 3.8) is 0 Å². The number of aliphatic hydroxyl groups excluding tert-OH is 6. The maximum atomic E-state index is 12.9. The Bertz CT molecular complexity index is 900. The van der Waals surface area contributed by atoms with E-state index in [2.05, 4.69) is 19.2 Å². The summed E-state index contributed by atoms with van der Waals surface area (Å²) < 4.78 is 22.8. The second-order valence-electron chi connectivity index (χ2n) is 15.2. The minimum absolute atomic E-state index is 0.242. The van der Waals surface area contributed by atoms with E-state index in [1.807, 2.05) is 0 Å². The van der Waals surface area contributed by atoms with E-state index in [0.29, 0.717) is 19.3 Å². The topological polar surface area (TPSA) is 206 Å². The molecule has 6 unspecified atom stereocenters. The van der Waals surface area contributed by atoms with Gasteiger partial charge in [-0.25, -0.2) is 4.57 Å². The van der Waals surface area contributed by atoms with Gasteiger partial charge in [0.05, 0.1) is 18.8 Å². The number of aliphatic hydroxyl groups is 6. The highest BCUT2D eigenvalue weighted by Gasteiger charge is 2.51. The minimum Gasteiger partial charge on any atom is -0.391 e. The molecule has 52 heavy (non-hydrogen) atoms. The quantitative estimate of drug-likeness (QED) is 0.0255. The molecule has 0 aromatic carbocycles. The predicted molar refractivity (Wildman–Crippen MR) is 205 cm³/mol. The van der Waals surface area contributed by atoms with Crippen molar-refractivity contribution in [3.8, 4) is 0 Å². The number of amides is 1. The van der Waals surface area contributed by atoms with Gasteiger partial charge in [0.25, 0.3) is 0 Å². The number of carbonyl (C=O) groups excluding carboxylic acids is 1. The Morgan fingerprint density at radius 2 is 0.923 bits per heavy atom. The van der Waals surface area contributed by atoms with Crippen LogP contribution in [-0.4, -0.2) is 96.8 Å². The third kappa shape index (κ3) is 22.7. The third-order valence-electron chi connectivity index (χ3n) is 10.4. The minimum atomic E-state index is -5.04. The first-order valence-electron chi connectivity index (χ1n) is 21.0. The summed E-state index contributed by atoms with van der Waals surface area (Å²) >= 11 is 0. The molecule has 9 atom stereocenters. The molecule has 12 nitrogen and oxygen atoms in total. The molecule has 8 N–H and O–H groups in total. The molecule has 1 aliphatic carbocycles. The van der Waals surface area contributed by atoms with E-state index in [1.165, 1.54) is 109 Å². The molecule has 0 aliphatic heterocycles. The number of phosphoric acid groups is 1. The van der Waals surface area contributed by atoms with Crippen molar-refractivity contribution in [2.45, 2.75) is 236 Å². The van der Waals surface area contributed by atoms with Gasteiger partial charge in [0.2, 0.25) is 5.91 Å². The van der Waals surface area contributed by atoms with Gasteiger partial charge in [-0.1, -0.05) is 168 Å². The van der Waals surface area contributed by atoms with Gasteiger partial charge < -0.3 is 40.8 Å². The summed E-state index contributed by atoms with van der Waals surface area (Å²) in [6.07, 6.45) is 17.3. The maximum absolute atomic E-state index is 12.9. The van der Waals surface area contributed by atoms with Crippen LogP contribution < -0.4 is 5.32 Å². The Balaban J connectivity index is 2.47. The number of carbonyl (C=O) groups is 1. The molecule has 13 heteroatoms. The number of rotatable bonds is 34. The van der Waals surface area contributed by atoms with Crippen molar-refractivity contribution in [1.29, 1.82) is 0 Å². The van der Waals surface area contributed by atoms with E-state index < -0.39 is 63.2 Å². The zero-order valence-electron chi connectivity index (χ0n) is 32.6. The van der Waals surface area contributed by atoms with E-state index in [4.69, 9.17) is 9.05 Å². The Morgan fingerprint density at radius 3 is 1.33 bits per heavy atom. The molecule has 1 fully saturated rings. The second kappa shape index (κ2) is 30.5. The first-order chi connectivity index (χ1) is 24.9. The molecular formula is C39H78NO11P. The molecule has 1 amide bonds. The summed E-state index contributed by atoms with van der Waals surface area (Å²) in [7, 11) is -5.04. The monoisotopic (exact) mass is 768 g/mol. The van der Waals surface area contributed by atoms with Crippen LogP contribution in [0.3, 0.4) is 0 Å². The van der Waals surface area contributed by atoms with Crippen LogP contribution in [0, 0.1) is 0 Å². The van der Waals surface area contributed by atoms with Gasteiger partial charge in [-0.2, -0.15) is 0 Å². The number of phosphoric ester groups is 1. The fraction of sp³-hybridized carbons (Fsp3) is 0.974. The van der Waals surface area contributed by atoms with E-state index in [-0.39, 0.29) is 12.3 Å². The largest absolute Gasteiger partial charge is 0.472 e. The van der Waals surface area contributed by atoms with Crippen LogP contribution in [0.4, 0.5) is 0 Å². The molecule has 0 aromatic rings. The number of unbranched alkanes of at least 4 members (excludes halogenated alkanes) is 23. The smallest absolute Gasteiger partial charge is 0.391 e. The number of hydrogen-bond donors (Lipinski definition) is 8. The summed E-state index contributed by atoms with van der Waals surface area (Å²) in [5.41, 5.74) is 0. The Kier molecular flexibility index (Phi) is 29.0. The summed E-state index contributed by atoms with van der Waals surface area (Å²) in [5.74, 6) is -0.308. The van der Waals surface area contributed by atoms with Gasteiger partial charge in [0, 0.05) is 6.42 Å². The van der Waals surface area contributed by atoms with Gasteiger partial charge in [0.15, 0.2) is 0 Å². The molecule has 0 bridgehead atoms. The Hall–Kier alpha value is -0.660. The van der Waals surface area contributed by atoms with E-state index in [9.17, 15) is 44.9 Å². The average molecular weight is 768 g/mol. The normalized spacial score (nSPS) is 24.4. The molecule has 0 aromatic heterocycles. The lowest BCUT2D eigenvalue weighted by Crippen LogP contribution is -2.64. The number of nitrogens with one attached hydrogen (secondary N) is 1. The zero-order chi connectivity index (χ0) is 38.6. The van der Waals surface area contributed by atoms with E-state index in [0.717, 1.165) is 38.5 Å². The summed E-state index contributed by atoms with van der Waals surface area (Å²) in [6, 6.07) is -1.02. The molecule has 1 rings (SSSR count). The van der Waals surface area contributed by atoms with Gasteiger partial charge >= 0.3 is 7.82 Å². The van der Waals surface area contributed by atoms with Crippen molar-refractivity contribution in [3.05, 3.63) is 0 Å². The van der Waals surface area contributed by atoms with Crippen molar-refractivity contribution in [2.24, 2.45) is 0 Å². The van der Waals surface area contributed by atoms with Crippen LogP contribution >= 0.6 is 7.82 Å². The molecular weight excluding hydrogens is 689 g/mol. The molecule has 0 saturated heterocycles. The predicted octanol–water partition coefficient (Wildman–Crippen LogP) is 6.72. The molecule has 0 heterocycles. The standard InChI is InChI=1S/C39H78NO11P/c1-3-5-7-9-11-13-14-15-16-17-18-19-21-23-25-27-29-33(42)40-31(32(41)28-26-24-22-20-12-10-8-6-4-2)30-50-52(48,49)51-39-37(46)35(44)34(43)36(45)38(39)47/h31-32,34-39,41,43-47H,3-30H2,1-2H3,(H,40,42)(H,48,49)/t31-,32+,34?,35+,36?,37?,38?,39?/m0/s1. The fourth-order valence-corrected chi connectivity index (χ4v) is 7.87. The third-order valence-corrected chi connectivity index (χ3v) is 11.4. The Morgan fingerprint density at radius 1 is 0.577 bits per heavy atom. The van der Waals surface area contributed by atoms with E-state index in [1.54, 1.807) is 0 Å². The lowest BCUT2D eigenvalue weighted by molar-refractivity contribution is -0.220. The summed E-state index contributed by atoms with van der Waals surface area (Å²) in [5, 5.41) is 63.8. The van der Waals surface area contributed by atoms with Crippen LogP contribution in [0.5, 0.6) is 0 Å². The molecule has 0 spiro atoms. The maximum Gasteiger partial charge on any atom is 0.472 e. The molecule has 1 aliphatic rings. The van der Waals surface area contributed by atoms with Crippen molar-refractivity contribution >= 4 is 13.7 Å². The SMILES string of the molecule is CCCCCCCCCCCCCCCCCCC(=O)N[C@@H](COP(=O)(O)OC1C(O)C(O)C(O)[C@@H](O)C1O)[C@H](O)CCCCCCCCCCC. The van der Waals surface area contributed by atoms with Crippen molar-refractivity contribution in [2.75, 3.05) is 6.61 Å². The Labute approximate surface area is 315 Å². The second-order valence-corrected chi connectivity index (χ2v) is 16.6. The van der Waals surface area contributed by atoms with Crippen LogP contribution in [-0.2, 0) is 18.4 Å². The highest BCUT2D eigenvalue weighted by molar-refractivity contribution is 7.47. The summed E-state index contributed by atoms with van der Waals surface area (Å²) in [4.78, 5) is 23.3. The van der Waals surface area contributed by atoms with Crippen LogP contribution in [0.2, 0.25) is 0 Å². The first kappa shape index (κ1) is 49.4. The fourth-order valence-electron chi connectivity index (χ4n) is 6.91. The van der Waals surface area contributed by atoms with Crippen molar-refractivity contribution < 1.29 is 53.9 Å². The first-order valence-corrected chi connectivity index (χ1v) is 22.5. The molecule has 0 radical (unpaired) electrons. The lowest BCUT2D eigenvalue weighted by Gasteiger charge is -2.41. The highest BCUT2D eigenvalue weighted by Crippen LogP contribution is 2.47. The number of hydrogen-bond acceptors (Lipinski definition) is 10. The van der Waals surface area contributed by atoms with Gasteiger partial charge in [0.1, 0.15) is 36.6 Å². The lowest BCUT2D eigenvalue weighted by atomic mass is 9.85. The highest BCUT2D eigenvalue weighted by atomic mass is 31.2. The van der Waals surface area contributed by atoms with Gasteiger partial charge in [-0.15, -0.1) is 0 Å². The zero-order valence-corrected chi connectivity index (χ0v) is 33.5. The van der Waals surface area contributed by atoms with Crippen molar-refractivity contribution in [1.82, 2.24) is 5.32 Å². The molecule has 310 valence electrons.